The molecule has 5 rings (SSSR count). The van der Waals surface area contributed by atoms with Gasteiger partial charge in [-0.3, -0.25) is 4.98 Å². The molecule has 23 heavy (non-hydrogen) atoms. The molecule has 2 heterocycles. The molecule has 0 aliphatic rings. The number of H-pyrrole nitrogens is 1. The maximum absolute atomic E-state index is 4.60. The molecule has 0 aliphatic carbocycles. The Morgan fingerprint density at radius 1 is 0.652 bits per heavy atom. The van der Waals surface area contributed by atoms with Gasteiger partial charge in [0.25, 0.3) is 0 Å². The van der Waals surface area contributed by atoms with Crippen LogP contribution in [0.4, 0.5) is 0 Å². The fourth-order valence-electron chi connectivity index (χ4n) is 3.42. The first kappa shape index (κ1) is 12.4. The van der Waals surface area contributed by atoms with Gasteiger partial charge >= 0.3 is 0 Å². The summed E-state index contributed by atoms with van der Waals surface area (Å²) in [6.07, 6.45) is 1.86. The molecule has 1 N–H and O–H groups in total. The number of hydrogen-bond acceptors (Lipinski definition) is 1. The number of fused-ring (bicyclic) bond motifs is 4. The van der Waals surface area contributed by atoms with Crippen LogP contribution >= 0.6 is 0 Å². The molecule has 2 heteroatoms. The SMILES string of the molecule is c1cnc2c(-c3cccc4c3[nH]c3ccccc34)cccc2c1. The van der Waals surface area contributed by atoms with Crippen molar-refractivity contribution < 1.29 is 0 Å². The Morgan fingerprint density at radius 2 is 1.43 bits per heavy atom. The van der Waals surface area contributed by atoms with E-state index in [1.165, 1.54) is 32.9 Å². The lowest BCUT2D eigenvalue weighted by Crippen LogP contribution is -1.85. The van der Waals surface area contributed by atoms with E-state index in [9.17, 15) is 0 Å². The summed E-state index contributed by atoms with van der Waals surface area (Å²) in [5.41, 5.74) is 5.75. The average molecular weight is 294 g/mol. The van der Waals surface area contributed by atoms with Gasteiger partial charge < -0.3 is 4.98 Å². The molecule has 0 unspecified atom stereocenters. The summed E-state index contributed by atoms with van der Waals surface area (Å²) in [6.45, 7) is 0. The van der Waals surface area contributed by atoms with Crippen LogP contribution in [0.2, 0.25) is 0 Å². The van der Waals surface area contributed by atoms with E-state index in [1.807, 2.05) is 12.3 Å². The zero-order chi connectivity index (χ0) is 15.2. The molecule has 0 saturated heterocycles. The van der Waals surface area contributed by atoms with Gasteiger partial charge in [-0.2, -0.15) is 0 Å². The Hall–Kier alpha value is -3.13. The van der Waals surface area contributed by atoms with Gasteiger partial charge in [0.05, 0.1) is 11.0 Å². The second kappa shape index (κ2) is 4.68. The van der Waals surface area contributed by atoms with Crippen molar-refractivity contribution >= 4 is 32.7 Å². The number of para-hydroxylation sites is 3. The fraction of sp³-hybridized carbons (Fsp3) is 0. The monoisotopic (exact) mass is 294 g/mol. The van der Waals surface area contributed by atoms with Gasteiger partial charge in [-0.1, -0.05) is 60.7 Å². The normalized spacial score (nSPS) is 11.5. The van der Waals surface area contributed by atoms with E-state index >= 15 is 0 Å². The van der Waals surface area contributed by atoms with Crippen molar-refractivity contribution in [2.24, 2.45) is 0 Å². The van der Waals surface area contributed by atoms with E-state index in [4.69, 9.17) is 0 Å². The van der Waals surface area contributed by atoms with Crippen LogP contribution in [-0.2, 0) is 0 Å². The van der Waals surface area contributed by atoms with Crippen molar-refractivity contribution in [3.8, 4) is 11.1 Å². The minimum absolute atomic E-state index is 1.04. The van der Waals surface area contributed by atoms with E-state index in [-0.39, 0.29) is 0 Å². The number of rotatable bonds is 1. The summed E-state index contributed by atoms with van der Waals surface area (Å²) in [4.78, 5) is 8.19. The molecule has 0 bridgehead atoms. The van der Waals surface area contributed by atoms with Gasteiger partial charge in [0.1, 0.15) is 0 Å². The van der Waals surface area contributed by atoms with Gasteiger partial charge in [-0.15, -0.1) is 0 Å². The molecule has 108 valence electrons. The number of aromatic nitrogens is 2. The first-order valence-corrected chi connectivity index (χ1v) is 7.75. The predicted molar refractivity (Wildman–Crippen MR) is 96.5 cm³/mol. The van der Waals surface area contributed by atoms with Gasteiger partial charge in [0, 0.05) is 39.0 Å². The molecule has 3 aromatic carbocycles. The van der Waals surface area contributed by atoms with Crippen LogP contribution in [0, 0.1) is 0 Å². The molecule has 2 nitrogen and oxygen atoms in total. The van der Waals surface area contributed by atoms with Crippen molar-refractivity contribution in [1.82, 2.24) is 9.97 Å². The number of hydrogen-bond donors (Lipinski definition) is 1. The van der Waals surface area contributed by atoms with E-state index in [2.05, 4.69) is 76.7 Å². The number of aromatic amines is 1. The lowest BCUT2D eigenvalue weighted by Gasteiger charge is -2.07. The highest BCUT2D eigenvalue weighted by molar-refractivity contribution is 6.13. The van der Waals surface area contributed by atoms with Gasteiger partial charge in [0.15, 0.2) is 0 Å². The third-order valence-corrected chi connectivity index (χ3v) is 4.46. The summed E-state index contributed by atoms with van der Waals surface area (Å²) in [5, 5.41) is 3.68. The van der Waals surface area contributed by atoms with Crippen LogP contribution in [0.3, 0.4) is 0 Å². The molecular weight excluding hydrogens is 280 g/mol. The highest BCUT2D eigenvalue weighted by Gasteiger charge is 2.11. The van der Waals surface area contributed by atoms with Crippen LogP contribution in [0.15, 0.2) is 79.0 Å². The first-order valence-electron chi connectivity index (χ1n) is 7.75. The summed E-state index contributed by atoms with van der Waals surface area (Å²) in [7, 11) is 0. The molecule has 5 aromatic rings. The lowest BCUT2D eigenvalue weighted by atomic mass is 9.99. The fourth-order valence-corrected chi connectivity index (χ4v) is 3.42. The maximum Gasteiger partial charge on any atom is 0.0781 e. The topological polar surface area (TPSA) is 28.7 Å². The molecule has 0 aliphatic heterocycles. The number of pyridine rings is 1. The minimum atomic E-state index is 1.04. The van der Waals surface area contributed by atoms with E-state index in [0.717, 1.165) is 10.9 Å². The standard InChI is InChI=1S/C21H14N2/c1-2-12-19-15(8-1)16-10-4-11-18(21(16)23-19)17-9-3-6-14-7-5-13-22-20(14)17/h1-13,23H. The van der Waals surface area contributed by atoms with Crippen LogP contribution < -0.4 is 0 Å². The molecule has 0 saturated carbocycles. The van der Waals surface area contributed by atoms with Crippen LogP contribution in [-0.4, -0.2) is 9.97 Å². The zero-order valence-corrected chi connectivity index (χ0v) is 12.5. The van der Waals surface area contributed by atoms with E-state index < -0.39 is 0 Å². The largest absolute Gasteiger partial charge is 0.354 e. The summed E-state index contributed by atoms with van der Waals surface area (Å²) in [5.74, 6) is 0. The van der Waals surface area contributed by atoms with E-state index in [0.29, 0.717) is 0 Å². The molecule has 0 spiro atoms. The second-order valence-corrected chi connectivity index (χ2v) is 5.78. The summed E-state index contributed by atoms with van der Waals surface area (Å²) < 4.78 is 0. The second-order valence-electron chi connectivity index (χ2n) is 5.78. The van der Waals surface area contributed by atoms with Crippen molar-refractivity contribution in [2.45, 2.75) is 0 Å². The predicted octanol–water partition coefficient (Wildman–Crippen LogP) is 5.54. The Balaban J connectivity index is 1.93. The number of nitrogens with zero attached hydrogens (tertiary/aromatic N) is 1. The molecular formula is C21H14N2. The molecule has 0 radical (unpaired) electrons. The lowest BCUT2D eigenvalue weighted by molar-refractivity contribution is 1.41. The highest BCUT2D eigenvalue weighted by atomic mass is 14.7. The first-order chi connectivity index (χ1) is 11.4. The zero-order valence-electron chi connectivity index (χ0n) is 12.5. The van der Waals surface area contributed by atoms with Crippen LogP contribution in [0.5, 0.6) is 0 Å². The smallest absolute Gasteiger partial charge is 0.0781 e. The Bertz CT molecular complexity index is 1160. The van der Waals surface area contributed by atoms with Gasteiger partial charge in [0.2, 0.25) is 0 Å². The quantitative estimate of drug-likeness (QED) is 0.432. The summed E-state index contributed by atoms with van der Waals surface area (Å²) in [6, 6.07) is 25.4. The van der Waals surface area contributed by atoms with Gasteiger partial charge in [-0.25, -0.2) is 0 Å². The van der Waals surface area contributed by atoms with Crippen molar-refractivity contribution in [3.63, 3.8) is 0 Å². The molecule has 0 amide bonds. The molecule has 2 aromatic heterocycles. The average Bonchev–Trinajstić information content (AvgIpc) is 3.00. The summed E-state index contributed by atoms with van der Waals surface area (Å²) >= 11 is 0. The Labute approximate surface area is 133 Å². The van der Waals surface area contributed by atoms with Crippen LogP contribution in [0.1, 0.15) is 0 Å². The third kappa shape index (κ3) is 1.78. The van der Waals surface area contributed by atoms with Crippen LogP contribution in [0.25, 0.3) is 43.8 Å². The van der Waals surface area contributed by atoms with Gasteiger partial charge in [-0.05, 0) is 12.1 Å². The number of nitrogens with one attached hydrogen (secondary N) is 1. The Morgan fingerprint density at radius 3 is 2.43 bits per heavy atom. The van der Waals surface area contributed by atoms with E-state index in [1.54, 1.807) is 0 Å². The molecule has 0 atom stereocenters. The Kier molecular flexibility index (Phi) is 2.53. The van der Waals surface area contributed by atoms with Crippen molar-refractivity contribution in [3.05, 3.63) is 79.0 Å². The third-order valence-electron chi connectivity index (χ3n) is 4.46. The van der Waals surface area contributed by atoms with Crippen molar-refractivity contribution in [2.75, 3.05) is 0 Å². The van der Waals surface area contributed by atoms with Crippen molar-refractivity contribution in [1.29, 1.82) is 0 Å². The molecule has 0 fully saturated rings. The number of benzene rings is 3. The maximum atomic E-state index is 4.60. The minimum Gasteiger partial charge on any atom is -0.354 e. The highest BCUT2D eigenvalue weighted by Crippen LogP contribution is 2.35.